The summed E-state index contributed by atoms with van der Waals surface area (Å²) in [5.41, 5.74) is 2.13. The second-order valence-corrected chi connectivity index (χ2v) is 8.83. The molecule has 0 fully saturated rings. The normalized spacial score (nSPS) is 26.5. The van der Waals surface area contributed by atoms with E-state index in [9.17, 15) is 4.39 Å². The predicted octanol–water partition coefficient (Wildman–Crippen LogP) is 6.56. The fraction of sp³-hybridized carbons (Fsp3) is 0.192. The van der Waals surface area contributed by atoms with Crippen molar-refractivity contribution in [1.82, 2.24) is 0 Å². The van der Waals surface area contributed by atoms with Crippen LogP contribution in [0.1, 0.15) is 30.5 Å². The highest BCUT2D eigenvalue weighted by Crippen LogP contribution is 2.64. The highest BCUT2D eigenvalue weighted by Gasteiger charge is 2.70. The van der Waals surface area contributed by atoms with Crippen LogP contribution in [0.5, 0.6) is 0 Å². The van der Waals surface area contributed by atoms with Crippen LogP contribution in [0.3, 0.4) is 0 Å². The van der Waals surface area contributed by atoms with Crippen molar-refractivity contribution in [2.45, 2.75) is 24.4 Å². The summed E-state index contributed by atoms with van der Waals surface area (Å²) in [4.78, 5) is 5.25. The monoisotopic (exact) mass is 417 g/mol. The summed E-state index contributed by atoms with van der Waals surface area (Å²) < 4.78 is 20.0. The molecule has 30 heavy (non-hydrogen) atoms. The van der Waals surface area contributed by atoms with E-state index in [2.05, 4.69) is 13.8 Å². The average Bonchev–Trinajstić information content (AvgIpc) is 3.16. The Balaban J connectivity index is 1.76. The Labute approximate surface area is 180 Å². The van der Waals surface area contributed by atoms with Crippen molar-refractivity contribution in [2.24, 2.45) is 10.4 Å². The molecule has 4 heteroatoms. The lowest BCUT2D eigenvalue weighted by Gasteiger charge is -2.41. The molecule has 0 aliphatic carbocycles. The summed E-state index contributed by atoms with van der Waals surface area (Å²) in [6.45, 7) is 4.13. The van der Waals surface area contributed by atoms with Gasteiger partial charge >= 0.3 is 0 Å². The van der Waals surface area contributed by atoms with E-state index < -0.39 is 16.0 Å². The number of ether oxygens (including phenoxy) is 1. The largest absolute Gasteiger partial charge is 0.467 e. The Morgan fingerprint density at radius 2 is 1.40 bits per heavy atom. The number of hydrogen-bond donors (Lipinski definition) is 0. The average molecular weight is 418 g/mol. The van der Waals surface area contributed by atoms with Crippen LogP contribution in [-0.4, -0.2) is 10.8 Å². The number of alkyl halides is 1. The third-order valence-electron chi connectivity index (χ3n) is 6.15. The van der Waals surface area contributed by atoms with Crippen LogP contribution in [0, 0.1) is 11.2 Å². The van der Waals surface area contributed by atoms with Gasteiger partial charge in [-0.3, -0.25) is 4.99 Å². The molecule has 0 saturated heterocycles. The van der Waals surface area contributed by atoms with Crippen molar-refractivity contribution in [3.05, 3.63) is 114 Å². The van der Waals surface area contributed by atoms with Gasteiger partial charge in [-0.15, -0.1) is 0 Å². The van der Waals surface area contributed by atoms with E-state index >= 15 is 0 Å². The first-order valence-electron chi connectivity index (χ1n) is 9.95. The molecule has 2 aliphatic heterocycles. The molecule has 2 heterocycles. The molecule has 2 nitrogen and oxygen atoms in total. The molecule has 150 valence electrons. The molecule has 0 spiro atoms. The van der Waals surface area contributed by atoms with Gasteiger partial charge in [0.2, 0.25) is 5.06 Å². The molecule has 3 aromatic carbocycles. The van der Waals surface area contributed by atoms with Crippen LogP contribution in [0.2, 0.25) is 0 Å². The molecule has 0 bridgehead atoms. The van der Waals surface area contributed by atoms with Crippen LogP contribution in [0.15, 0.2) is 96.0 Å². The highest BCUT2D eigenvalue weighted by atomic mass is 35.5. The van der Waals surface area contributed by atoms with Gasteiger partial charge < -0.3 is 4.74 Å². The summed E-state index contributed by atoms with van der Waals surface area (Å²) in [5.74, 6) is 0.318. The Kier molecular flexibility index (Phi) is 4.16. The van der Waals surface area contributed by atoms with Gasteiger partial charge in [-0.25, -0.2) is 4.39 Å². The first-order chi connectivity index (χ1) is 14.4. The summed E-state index contributed by atoms with van der Waals surface area (Å²) in [6, 6.07) is 26.3. The van der Waals surface area contributed by atoms with E-state index in [1.54, 1.807) is 12.1 Å². The Hall–Kier alpha value is -2.91. The molecular formula is C26H21ClFNO. The minimum absolute atomic E-state index is 0.291. The number of aliphatic imine (C=N–C) groups is 1. The molecule has 0 saturated carbocycles. The predicted molar refractivity (Wildman–Crippen MR) is 119 cm³/mol. The molecule has 0 radical (unpaired) electrons. The van der Waals surface area contributed by atoms with Crippen molar-refractivity contribution in [3.63, 3.8) is 0 Å². The van der Waals surface area contributed by atoms with E-state index in [4.69, 9.17) is 21.3 Å². The molecule has 2 aliphatic rings. The van der Waals surface area contributed by atoms with Gasteiger partial charge in [-0.05, 0) is 55.3 Å². The smallest absolute Gasteiger partial charge is 0.225 e. The number of benzene rings is 3. The first-order valence-corrected chi connectivity index (χ1v) is 10.3. The van der Waals surface area contributed by atoms with Gasteiger partial charge in [0.25, 0.3) is 0 Å². The quantitative estimate of drug-likeness (QED) is 0.442. The van der Waals surface area contributed by atoms with Gasteiger partial charge in [0, 0.05) is 5.56 Å². The molecule has 5 rings (SSSR count). The number of halogens is 2. The Bertz CT molecular complexity index is 1150. The van der Waals surface area contributed by atoms with Crippen molar-refractivity contribution in [2.75, 3.05) is 0 Å². The Morgan fingerprint density at radius 3 is 2.03 bits per heavy atom. The molecule has 0 unspecified atom stereocenters. The van der Waals surface area contributed by atoms with Gasteiger partial charge in [-0.1, -0.05) is 72.3 Å². The first kappa shape index (κ1) is 19.1. The third-order valence-corrected chi connectivity index (χ3v) is 6.99. The van der Waals surface area contributed by atoms with Gasteiger partial charge in [0.05, 0.1) is 11.1 Å². The van der Waals surface area contributed by atoms with Crippen LogP contribution >= 0.6 is 11.6 Å². The number of nitrogens with zero attached hydrogens (tertiary/aromatic N) is 1. The van der Waals surface area contributed by atoms with E-state index in [1.807, 2.05) is 66.7 Å². The minimum Gasteiger partial charge on any atom is -0.467 e. The zero-order chi connectivity index (χ0) is 21.0. The van der Waals surface area contributed by atoms with Crippen molar-refractivity contribution >= 4 is 23.1 Å². The molecular weight excluding hydrogens is 397 g/mol. The fourth-order valence-corrected chi connectivity index (χ4v) is 4.90. The second kappa shape index (κ2) is 6.55. The van der Waals surface area contributed by atoms with Crippen molar-refractivity contribution in [3.8, 4) is 0 Å². The van der Waals surface area contributed by atoms with E-state index in [0.29, 0.717) is 5.76 Å². The summed E-state index contributed by atoms with van der Waals surface area (Å²) in [5, 5.41) is -1.17. The molecule has 0 aromatic heterocycles. The Morgan fingerprint density at radius 1 is 0.800 bits per heavy atom. The summed E-state index contributed by atoms with van der Waals surface area (Å²) >= 11 is 7.41. The maximum Gasteiger partial charge on any atom is 0.225 e. The van der Waals surface area contributed by atoms with Crippen LogP contribution in [0.25, 0.3) is 5.76 Å². The highest BCUT2D eigenvalue weighted by molar-refractivity contribution is 6.30. The third kappa shape index (κ3) is 2.51. The number of rotatable bonds is 3. The maximum atomic E-state index is 13.5. The van der Waals surface area contributed by atoms with E-state index in [0.717, 1.165) is 22.4 Å². The lowest BCUT2D eigenvalue weighted by molar-refractivity contribution is 0.0329. The summed E-state index contributed by atoms with van der Waals surface area (Å²) in [6.07, 6.45) is 1.99. The maximum absolute atomic E-state index is 13.5. The van der Waals surface area contributed by atoms with Crippen LogP contribution in [-0.2, 0) is 10.3 Å². The number of fused-ring (bicyclic) bond motifs is 1. The topological polar surface area (TPSA) is 21.6 Å². The summed E-state index contributed by atoms with van der Waals surface area (Å²) in [7, 11) is 0. The molecule has 2 atom stereocenters. The van der Waals surface area contributed by atoms with Gasteiger partial charge in [0.15, 0.2) is 5.54 Å². The lowest BCUT2D eigenvalue weighted by atomic mass is 9.72. The zero-order valence-corrected chi connectivity index (χ0v) is 17.5. The van der Waals surface area contributed by atoms with Crippen LogP contribution < -0.4 is 0 Å². The van der Waals surface area contributed by atoms with Gasteiger partial charge in [-0.2, -0.15) is 0 Å². The van der Waals surface area contributed by atoms with Gasteiger partial charge in [0.1, 0.15) is 11.6 Å². The lowest BCUT2D eigenvalue weighted by Crippen LogP contribution is -2.50. The molecule has 3 aromatic rings. The second-order valence-electron chi connectivity index (χ2n) is 8.30. The zero-order valence-electron chi connectivity index (χ0n) is 16.8. The fourth-order valence-electron chi connectivity index (χ4n) is 4.52. The SMILES string of the molecule is CC1(C)C(c2ccccc2)=N[C@@]2(c3ccccc3)C=C(c3ccc(F)cc3)O[C@@]12Cl. The van der Waals surface area contributed by atoms with Crippen LogP contribution in [0.4, 0.5) is 4.39 Å². The van der Waals surface area contributed by atoms with E-state index in [1.165, 1.54) is 12.1 Å². The molecule has 0 amide bonds. The van der Waals surface area contributed by atoms with Crippen molar-refractivity contribution in [1.29, 1.82) is 0 Å². The van der Waals surface area contributed by atoms with Crippen molar-refractivity contribution < 1.29 is 9.13 Å². The van der Waals surface area contributed by atoms with E-state index in [-0.39, 0.29) is 5.82 Å². The number of hydrogen-bond acceptors (Lipinski definition) is 2. The molecule has 0 N–H and O–H groups in total. The minimum atomic E-state index is -1.17. The standard InChI is InChI=1S/C26H21ClFNO/c1-24(2)23(19-9-5-3-6-10-19)29-25(20-11-7-4-8-12-20)17-22(30-26(24,25)27)18-13-15-21(28)16-14-18/h3-17H,1-2H3/t25-,26+/m1/s1.